The Hall–Kier alpha value is -2.11. The van der Waals surface area contributed by atoms with Crippen molar-refractivity contribution < 1.29 is 9.72 Å². The monoisotopic (exact) mass is 291 g/mol. The van der Waals surface area contributed by atoms with Crippen molar-refractivity contribution in [3.8, 4) is 0 Å². The molecular formula is C15H21N3O3. The van der Waals surface area contributed by atoms with Gasteiger partial charge in [0, 0.05) is 18.2 Å². The van der Waals surface area contributed by atoms with Crippen LogP contribution in [0.5, 0.6) is 0 Å². The Morgan fingerprint density at radius 1 is 1.38 bits per heavy atom. The van der Waals surface area contributed by atoms with Crippen LogP contribution in [0.3, 0.4) is 0 Å². The lowest BCUT2D eigenvalue weighted by atomic mass is 9.74. The molecule has 0 aromatic heterocycles. The highest BCUT2D eigenvalue weighted by atomic mass is 16.6. The number of nitro benzene ring substituents is 1. The molecule has 2 N–H and O–H groups in total. The molecule has 0 unspecified atom stereocenters. The fraction of sp³-hybridized carbons (Fsp3) is 0.533. The molecule has 6 heteroatoms. The van der Waals surface area contributed by atoms with E-state index in [1.165, 1.54) is 6.07 Å². The minimum Gasteiger partial charge on any atom is -0.379 e. The molecule has 1 fully saturated rings. The smallest absolute Gasteiger partial charge is 0.293 e. The molecule has 21 heavy (non-hydrogen) atoms. The molecule has 0 atom stereocenters. The van der Waals surface area contributed by atoms with Gasteiger partial charge in [0.25, 0.3) is 11.6 Å². The predicted molar refractivity (Wildman–Crippen MR) is 81.6 cm³/mol. The number of nitro groups is 1. The summed E-state index contributed by atoms with van der Waals surface area (Å²) in [4.78, 5) is 23.2. The van der Waals surface area contributed by atoms with E-state index >= 15 is 0 Å². The van der Waals surface area contributed by atoms with E-state index in [0.29, 0.717) is 17.8 Å². The number of benzene rings is 1. The lowest BCUT2D eigenvalue weighted by Crippen LogP contribution is -2.53. The first kappa shape index (κ1) is 15.3. The summed E-state index contributed by atoms with van der Waals surface area (Å²) in [6, 6.07) is 4.59. The van der Waals surface area contributed by atoms with Crippen molar-refractivity contribution in [2.24, 2.45) is 0 Å². The molecule has 1 aliphatic rings. The van der Waals surface area contributed by atoms with Gasteiger partial charge in [0.05, 0.1) is 10.5 Å². The van der Waals surface area contributed by atoms with Gasteiger partial charge >= 0.3 is 0 Å². The van der Waals surface area contributed by atoms with Gasteiger partial charge in [-0.05, 0) is 38.7 Å². The van der Waals surface area contributed by atoms with Crippen LogP contribution in [0, 0.1) is 10.1 Å². The fourth-order valence-corrected chi connectivity index (χ4v) is 2.72. The van der Waals surface area contributed by atoms with Crippen molar-refractivity contribution in [2.75, 3.05) is 11.9 Å². The molecule has 1 saturated carbocycles. The lowest BCUT2D eigenvalue weighted by molar-refractivity contribution is -0.384. The van der Waals surface area contributed by atoms with Crippen LogP contribution in [0.15, 0.2) is 18.2 Å². The number of nitrogens with one attached hydrogen (secondary N) is 2. The second-order valence-corrected chi connectivity index (χ2v) is 5.43. The van der Waals surface area contributed by atoms with Gasteiger partial charge in [-0.2, -0.15) is 0 Å². The minimum atomic E-state index is -0.465. The third kappa shape index (κ3) is 2.99. The van der Waals surface area contributed by atoms with Crippen LogP contribution >= 0.6 is 0 Å². The molecule has 6 nitrogen and oxygen atoms in total. The summed E-state index contributed by atoms with van der Waals surface area (Å²) >= 11 is 0. The van der Waals surface area contributed by atoms with Gasteiger partial charge in [0.15, 0.2) is 0 Å². The van der Waals surface area contributed by atoms with Crippen molar-refractivity contribution in [3.63, 3.8) is 0 Å². The van der Waals surface area contributed by atoms with E-state index in [4.69, 9.17) is 0 Å². The number of anilines is 1. The average molecular weight is 291 g/mol. The Kier molecular flexibility index (Phi) is 4.45. The second kappa shape index (κ2) is 6.11. The third-order valence-electron chi connectivity index (χ3n) is 4.20. The molecule has 1 aromatic rings. The number of rotatable bonds is 6. The summed E-state index contributed by atoms with van der Waals surface area (Å²) < 4.78 is 0. The minimum absolute atomic E-state index is 0.0661. The summed E-state index contributed by atoms with van der Waals surface area (Å²) in [7, 11) is 0. The molecule has 0 heterocycles. The predicted octanol–water partition coefficient (Wildman–Crippen LogP) is 3.09. The van der Waals surface area contributed by atoms with E-state index in [0.717, 1.165) is 25.7 Å². The molecule has 0 bridgehead atoms. The van der Waals surface area contributed by atoms with Crippen LogP contribution in [-0.2, 0) is 0 Å². The first-order valence-corrected chi connectivity index (χ1v) is 7.37. The highest BCUT2D eigenvalue weighted by Gasteiger charge is 2.37. The van der Waals surface area contributed by atoms with Crippen molar-refractivity contribution >= 4 is 17.3 Å². The number of amides is 1. The SMILES string of the molecule is CCNc1c(C(=O)NC2(CC)CCC2)cccc1[N+](=O)[O-]. The summed E-state index contributed by atoms with van der Waals surface area (Å²) in [5, 5.41) is 17.1. The molecule has 1 aromatic carbocycles. The molecule has 114 valence electrons. The lowest BCUT2D eigenvalue weighted by Gasteiger charge is -2.42. The van der Waals surface area contributed by atoms with Gasteiger partial charge in [-0.15, -0.1) is 0 Å². The van der Waals surface area contributed by atoms with Crippen LogP contribution in [-0.4, -0.2) is 22.9 Å². The molecule has 0 spiro atoms. The van der Waals surface area contributed by atoms with Crippen molar-refractivity contribution in [3.05, 3.63) is 33.9 Å². The quantitative estimate of drug-likeness (QED) is 0.623. The van der Waals surface area contributed by atoms with Crippen LogP contribution in [0.1, 0.15) is 49.9 Å². The van der Waals surface area contributed by atoms with Gasteiger partial charge < -0.3 is 10.6 Å². The van der Waals surface area contributed by atoms with E-state index in [1.807, 2.05) is 6.92 Å². The molecule has 1 amide bonds. The van der Waals surface area contributed by atoms with Crippen LogP contribution in [0.25, 0.3) is 0 Å². The Morgan fingerprint density at radius 2 is 2.10 bits per heavy atom. The zero-order valence-corrected chi connectivity index (χ0v) is 12.4. The zero-order chi connectivity index (χ0) is 15.5. The third-order valence-corrected chi connectivity index (χ3v) is 4.20. The van der Waals surface area contributed by atoms with E-state index in [1.54, 1.807) is 12.1 Å². The summed E-state index contributed by atoms with van der Waals surface area (Å²) in [5.74, 6) is -0.240. The molecule has 0 radical (unpaired) electrons. The van der Waals surface area contributed by atoms with Crippen LogP contribution in [0.4, 0.5) is 11.4 Å². The first-order valence-electron chi connectivity index (χ1n) is 7.37. The maximum atomic E-state index is 12.5. The molecule has 2 rings (SSSR count). The van der Waals surface area contributed by atoms with Crippen LogP contribution in [0.2, 0.25) is 0 Å². The van der Waals surface area contributed by atoms with Gasteiger partial charge in [0.1, 0.15) is 5.69 Å². The highest BCUT2D eigenvalue weighted by Crippen LogP contribution is 2.36. The number of nitrogens with zero attached hydrogens (tertiary/aromatic N) is 1. The summed E-state index contributed by atoms with van der Waals surface area (Å²) in [6.45, 7) is 4.42. The fourth-order valence-electron chi connectivity index (χ4n) is 2.72. The topological polar surface area (TPSA) is 84.3 Å². The molecule has 1 aliphatic carbocycles. The summed E-state index contributed by atoms with van der Waals surface area (Å²) in [6.07, 6.45) is 3.94. The molecular weight excluding hydrogens is 270 g/mol. The Bertz CT molecular complexity index is 548. The highest BCUT2D eigenvalue weighted by molar-refractivity contribution is 6.02. The standard InChI is InChI=1S/C15H21N3O3/c1-3-15(9-6-10-15)17-14(19)11-7-5-8-12(18(20)21)13(11)16-4-2/h5,7-8,16H,3-4,6,9-10H2,1-2H3,(H,17,19). The number of carbonyl (C=O) groups excluding carboxylic acids is 1. The van der Waals surface area contributed by atoms with Gasteiger partial charge in [-0.25, -0.2) is 0 Å². The van der Waals surface area contributed by atoms with Crippen molar-refractivity contribution in [1.82, 2.24) is 5.32 Å². The first-order chi connectivity index (χ1) is 10.0. The van der Waals surface area contributed by atoms with Crippen molar-refractivity contribution in [2.45, 2.75) is 45.1 Å². The number of hydrogen-bond donors (Lipinski definition) is 2. The van der Waals surface area contributed by atoms with Gasteiger partial charge in [0.2, 0.25) is 0 Å². The van der Waals surface area contributed by atoms with Gasteiger partial charge in [-0.1, -0.05) is 13.0 Å². The number of para-hydroxylation sites is 1. The molecule has 0 aliphatic heterocycles. The number of carbonyl (C=O) groups is 1. The van der Waals surface area contributed by atoms with E-state index in [2.05, 4.69) is 17.6 Å². The van der Waals surface area contributed by atoms with E-state index < -0.39 is 4.92 Å². The largest absolute Gasteiger partial charge is 0.379 e. The van der Waals surface area contributed by atoms with Gasteiger partial charge in [-0.3, -0.25) is 14.9 Å². The van der Waals surface area contributed by atoms with E-state index in [9.17, 15) is 14.9 Å². The Labute approximate surface area is 124 Å². The maximum Gasteiger partial charge on any atom is 0.293 e. The van der Waals surface area contributed by atoms with E-state index in [-0.39, 0.29) is 17.1 Å². The molecule has 0 saturated heterocycles. The zero-order valence-electron chi connectivity index (χ0n) is 12.4. The summed E-state index contributed by atoms with van der Waals surface area (Å²) in [5.41, 5.74) is 0.438. The van der Waals surface area contributed by atoms with Crippen molar-refractivity contribution in [1.29, 1.82) is 0 Å². The Balaban J connectivity index is 2.31. The Morgan fingerprint density at radius 3 is 2.57 bits per heavy atom. The maximum absolute atomic E-state index is 12.5. The van der Waals surface area contributed by atoms with Crippen LogP contribution < -0.4 is 10.6 Å². The average Bonchev–Trinajstić information content (AvgIpc) is 2.43. The normalized spacial score (nSPS) is 15.9. The second-order valence-electron chi connectivity index (χ2n) is 5.43. The number of hydrogen-bond acceptors (Lipinski definition) is 4.